The summed E-state index contributed by atoms with van der Waals surface area (Å²) in [5.41, 5.74) is -1.16. The van der Waals surface area contributed by atoms with Crippen molar-refractivity contribution in [3.8, 4) is 0 Å². The SMILES string of the molecule is O=C(Cn1cc(C(F)(F)F)cc(Br)c1=O)N1CCC(c2nc(C3=NOC(c4ccc(C(F)(F)F)cn4)C3)cs2)CC1. The van der Waals surface area contributed by atoms with Crippen molar-refractivity contribution < 1.29 is 36.0 Å². The van der Waals surface area contributed by atoms with Crippen molar-refractivity contribution in [2.75, 3.05) is 13.1 Å². The van der Waals surface area contributed by atoms with E-state index in [1.54, 1.807) is 0 Å². The molecule has 1 saturated heterocycles. The van der Waals surface area contributed by atoms with Crippen molar-refractivity contribution in [3.05, 3.63) is 78.3 Å². The molecule has 1 amide bonds. The molecule has 8 nitrogen and oxygen atoms in total. The van der Waals surface area contributed by atoms with Gasteiger partial charge in [-0.15, -0.1) is 11.3 Å². The van der Waals surface area contributed by atoms with Crippen LogP contribution in [0.2, 0.25) is 0 Å². The number of aromatic nitrogens is 3. The fourth-order valence-electron chi connectivity index (χ4n) is 4.55. The molecule has 1 atom stereocenters. The zero-order valence-corrected chi connectivity index (χ0v) is 23.3. The van der Waals surface area contributed by atoms with E-state index in [9.17, 15) is 35.9 Å². The average Bonchev–Trinajstić information content (AvgIpc) is 3.61. The summed E-state index contributed by atoms with van der Waals surface area (Å²) in [6.07, 6.45) is -6.95. The first-order valence-corrected chi connectivity index (χ1v) is 13.9. The Hall–Kier alpha value is -3.27. The minimum absolute atomic E-state index is 0.0403. The molecule has 0 N–H and O–H groups in total. The lowest BCUT2D eigenvalue weighted by atomic mass is 9.97. The summed E-state index contributed by atoms with van der Waals surface area (Å²) in [5.74, 6) is -0.421. The summed E-state index contributed by atoms with van der Waals surface area (Å²) in [4.78, 5) is 40.5. The van der Waals surface area contributed by atoms with Crippen LogP contribution in [0.5, 0.6) is 0 Å². The third-order valence-corrected chi connectivity index (χ3v) is 8.38. The predicted molar refractivity (Wildman–Crippen MR) is 138 cm³/mol. The fourth-order valence-corrected chi connectivity index (χ4v) is 6.03. The normalized spacial score (nSPS) is 18.4. The van der Waals surface area contributed by atoms with Crippen LogP contribution >= 0.6 is 27.3 Å². The van der Waals surface area contributed by atoms with Gasteiger partial charge in [0.2, 0.25) is 5.91 Å². The van der Waals surface area contributed by atoms with Crippen LogP contribution in [-0.2, 0) is 28.5 Å². The maximum atomic E-state index is 13.1. The highest BCUT2D eigenvalue weighted by Gasteiger charge is 2.34. The molecule has 0 aromatic carbocycles. The molecule has 5 heterocycles. The summed E-state index contributed by atoms with van der Waals surface area (Å²) in [7, 11) is 0. The molecule has 2 aliphatic heterocycles. The molecule has 0 bridgehead atoms. The molecule has 2 aliphatic rings. The molecular weight excluding hydrogens is 644 g/mol. The zero-order valence-electron chi connectivity index (χ0n) is 20.9. The summed E-state index contributed by atoms with van der Waals surface area (Å²) in [5, 5.41) is 6.69. The van der Waals surface area contributed by atoms with E-state index in [-0.39, 0.29) is 10.4 Å². The number of hydrogen-bond donors (Lipinski definition) is 0. The van der Waals surface area contributed by atoms with Crippen molar-refractivity contribution in [3.63, 3.8) is 0 Å². The maximum Gasteiger partial charge on any atom is 0.417 e. The van der Waals surface area contributed by atoms with Gasteiger partial charge in [-0.05, 0) is 47.0 Å². The lowest BCUT2D eigenvalue weighted by molar-refractivity contribution is -0.139. The van der Waals surface area contributed by atoms with Crippen LogP contribution in [0.15, 0.2) is 50.4 Å². The van der Waals surface area contributed by atoms with E-state index >= 15 is 0 Å². The van der Waals surface area contributed by atoms with Crippen LogP contribution in [0, 0.1) is 0 Å². The topological polar surface area (TPSA) is 89.7 Å². The minimum atomic E-state index is -4.66. The first-order valence-electron chi connectivity index (χ1n) is 12.3. The molecule has 218 valence electrons. The lowest BCUT2D eigenvalue weighted by Gasteiger charge is -2.31. The van der Waals surface area contributed by atoms with Gasteiger partial charge < -0.3 is 14.3 Å². The number of halogens is 7. The summed E-state index contributed by atoms with van der Waals surface area (Å²) in [6.45, 7) is 0.181. The molecule has 0 radical (unpaired) electrons. The second-order valence-corrected chi connectivity index (χ2v) is 11.3. The highest BCUT2D eigenvalue weighted by molar-refractivity contribution is 9.10. The van der Waals surface area contributed by atoms with E-state index in [4.69, 9.17) is 4.84 Å². The number of carbonyl (C=O) groups is 1. The van der Waals surface area contributed by atoms with Crippen LogP contribution < -0.4 is 5.56 Å². The summed E-state index contributed by atoms with van der Waals surface area (Å²) < 4.78 is 78.3. The van der Waals surface area contributed by atoms with E-state index in [1.807, 2.05) is 5.38 Å². The zero-order chi connectivity index (χ0) is 29.5. The molecule has 1 unspecified atom stereocenters. The maximum absolute atomic E-state index is 13.1. The van der Waals surface area contributed by atoms with Gasteiger partial charge in [-0.1, -0.05) is 5.16 Å². The van der Waals surface area contributed by atoms with Crippen LogP contribution in [0.4, 0.5) is 26.3 Å². The molecule has 41 heavy (non-hydrogen) atoms. The van der Waals surface area contributed by atoms with Crippen LogP contribution in [0.3, 0.4) is 0 Å². The van der Waals surface area contributed by atoms with Gasteiger partial charge in [0.1, 0.15) is 12.3 Å². The first kappa shape index (κ1) is 29.2. The molecule has 16 heteroatoms. The van der Waals surface area contributed by atoms with Gasteiger partial charge in [0.25, 0.3) is 5.56 Å². The van der Waals surface area contributed by atoms with Gasteiger partial charge in [-0.3, -0.25) is 14.6 Å². The van der Waals surface area contributed by atoms with Gasteiger partial charge in [-0.25, -0.2) is 4.98 Å². The third-order valence-electron chi connectivity index (χ3n) is 6.80. The average molecular weight is 664 g/mol. The molecular formula is C25H20BrF6N5O3S. The fraction of sp³-hybridized carbons (Fsp3) is 0.400. The Bertz CT molecular complexity index is 1530. The number of thiazole rings is 1. The minimum Gasteiger partial charge on any atom is -0.385 e. The number of nitrogens with zero attached hydrogens (tertiary/aromatic N) is 5. The van der Waals surface area contributed by atoms with Crippen molar-refractivity contribution in [1.82, 2.24) is 19.4 Å². The molecule has 0 saturated carbocycles. The molecule has 5 rings (SSSR count). The highest BCUT2D eigenvalue weighted by atomic mass is 79.9. The Balaban J connectivity index is 1.16. The largest absolute Gasteiger partial charge is 0.417 e. The summed E-state index contributed by atoms with van der Waals surface area (Å²) >= 11 is 4.25. The number of likely N-dealkylation sites (tertiary alicyclic amines) is 1. The molecule has 3 aromatic rings. The number of hydrogen-bond acceptors (Lipinski definition) is 7. The standard InChI is InChI=1S/C25H20BrF6N5O3S/c26-16-7-15(25(30,31)32)10-37(23(16)39)11-21(38)36-5-3-13(4-6-36)22-34-19(12-41-22)18-8-20(40-35-18)17-2-1-14(9-33-17)24(27,28)29/h1-2,7,9-10,12-13,20H,3-6,8,11H2. The first-order chi connectivity index (χ1) is 19.3. The number of pyridine rings is 2. The van der Waals surface area contributed by atoms with Gasteiger partial charge >= 0.3 is 12.4 Å². The van der Waals surface area contributed by atoms with Gasteiger partial charge in [0, 0.05) is 43.2 Å². The number of alkyl halides is 6. The Morgan fingerprint density at radius 3 is 2.44 bits per heavy atom. The molecule has 0 spiro atoms. The Morgan fingerprint density at radius 1 is 1.10 bits per heavy atom. The number of piperidine rings is 1. The van der Waals surface area contributed by atoms with Crippen molar-refractivity contribution in [1.29, 1.82) is 0 Å². The van der Waals surface area contributed by atoms with Crippen LogP contribution in [0.1, 0.15) is 58.8 Å². The molecule has 0 aliphatic carbocycles. The van der Waals surface area contributed by atoms with Crippen LogP contribution in [-0.4, -0.2) is 44.1 Å². The summed E-state index contributed by atoms with van der Waals surface area (Å²) in [6, 6.07) is 2.89. The molecule has 1 fully saturated rings. The van der Waals surface area contributed by atoms with Gasteiger partial charge in [-0.2, -0.15) is 26.3 Å². The van der Waals surface area contributed by atoms with E-state index in [0.29, 0.717) is 61.7 Å². The number of oxime groups is 1. The van der Waals surface area contributed by atoms with E-state index < -0.39 is 47.6 Å². The van der Waals surface area contributed by atoms with Crippen molar-refractivity contribution >= 4 is 38.9 Å². The van der Waals surface area contributed by atoms with Crippen molar-refractivity contribution in [2.45, 2.75) is 50.2 Å². The smallest absolute Gasteiger partial charge is 0.385 e. The third kappa shape index (κ3) is 6.47. The number of amides is 1. The quantitative estimate of drug-likeness (QED) is 0.323. The number of rotatable bonds is 5. The number of carbonyl (C=O) groups excluding carboxylic acids is 1. The van der Waals surface area contributed by atoms with Gasteiger partial charge in [0.15, 0.2) is 6.10 Å². The van der Waals surface area contributed by atoms with Crippen molar-refractivity contribution in [2.24, 2.45) is 5.16 Å². The second kappa shape index (κ2) is 11.2. The van der Waals surface area contributed by atoms with E-state index in [0.717, 1.165) is 21.8 Å². The lowest BCUT2D eigenvalue weighted by Crippen LogP contribution is -2.41. The Kier molecular flexibility index (Phi) is 7.98. The van der Waals surface area contributed by atoms with E-state index in [1.165, 1.54) is 22.3 Å². The van der Waals surface area contributed by atoms with E-state index in [2.05, 4.69) is 31.1 Å². The second-order valence-electron chi connectivity index (χ2n) is 9.54. The monoisotopic (exact) mass is 663 g/mol. The van der Waals surface area contributed by atoms with Gasteiger partial charge in [0.05, 0.1) is 32.0 Å². The Labute approximate surface area is 240 Å². The Morgan fingerprint density at radius 2 is 1.80 bits per heavy atom. The molecule has 3 aromatic heterocycles. The van der Waals surface area contributed by atoms with Crippen LogP contribution in [0.25, 0.3) is 0 Å². The predicted octanol–water partition coefficient (Wildman–Crippen LogP) is 5.77. The highest BCUT2D eigenvalue weighted by Crippen LogP contribution is 2.35.